The number of nitrogens with zero attached hydrogens (tertiary/aromatic N) is 3. The molecule has 0 unspecified atom stereocenters. The first-order valence-electron chi connectivity index (χ1n) is 8.04. The van der Waals surface area contributed by atoms with Gasteiger partial charge in [-0.2, -0.15) is 0 Å². The Kier molecular flexibility index (Phi) is 3.74. The SMILES string of the molecule is CC(=O)N(c1c(-c2ccco2)nc2cc(C)cc(C)n12)C(C)(C)C. The minimum atomic E-state index is -0.388. The summed E-state index contributed by atoms with van der Waals surface area (Å²) in [5.41, 5.74) is 3.26. The normalized spacial score (nSPS) is 11.9. The molecule has 0 saturated heterocycles. The third kappa shape index (κ3) is 2.60. The molecular weight excluding hydrogens is 302 g/mol. The molecule has 1 amide bonds. The van der Waals surface area contributed by atoms with E-state index in [9.17, 15) is 4.79 Å². The average Bonchev–Trinajstić information content (AvgIpc) is 3.04. The lowest BCUT2D eigenvalue weighted by atomic mass is 10.1. The van der Waals surface area contributed by atoms with Crippen LogP contribution < -0.4 is 4.90 Å². The van der Waals surface area contributed by atoms with Gasteiger partial charge in [-0.05, 0) is 64.4 Å². The number of aromatic nitrogens is 2. The Morgan fingerprint density at radius 1 is 1.25 bits per heavy atom. The van der Waals surface area contributed by atoms with Gasteiger partial charge in [0.15, 0.2) is 11.6 Å². The lowest BCUT2D eigenvalue weighted by Gasteiger charge is -2.35. The summed E-state index contributed by atoms with van der Waals surface area (Å²) in [6.07, 6.45) is 1.62. The monoisotopic (exact) mass is 325 g/mol. The van der Waals surface area contributed by atoms with Crippen LogP contribution in [0, 0.1) is 13.8 Å². The molecule has 0 aliphatic rings. The standard InChI is InChI=1S/C19H23N3O2/c1-12-10-13(2)21-16(11-12)20-17(15-8-7-9-24-15)18(21)22(14(3)23)19(4,5)6/h7-11H,1-6H3. The van der Waals surface area contributed by atoms with Crippen LogP contribution in [0.5, 0.6) is 0 Å². The molecule has 3 aromatic heterocycles. The van der Waals surface area contributed by atoms with Crippen LogP contribution >= 0.6 is 0 Å². The van der Waals surface area contributed by atoms with Crippen molar-refractivity contribution in [2.45, 2.75) is 47.1 Å². The summed E-state index contributed by atoms with van der Waals surface area (Å²) in [5, 5.41) is 0. The second-order valence-electron chi connectivity index (χ2n) is 7.15. The van der Waals surface area contributed by atoms with Gasteiger partial charge in [-0.25, -0.2) is 4.98 Å². The Morgan fingerprint density at radius 2 is 1.96 bits per heavy atom. The zero-order valence-corrected chi connectivity index (χ0v) is 15.0. The van der Waals surface area contributed by atoms with Gasteiger partial charge in [-0.1, -0.05) is 0 Å². The Morgan fingerprint density at radius 3 is 2.50 bits per heavy atom. The van der Waals surface area contributed by atoms with Gasteiger partial charge in [-0.15, -0.1) is 0 Å². The summed E-state index contributed by atoms with van der Waals surface area (Å²) in [6.45, 7) is 11.7. The van der Waals surface area contributed by atoms with Gasteiger partial charge in [0.25, 0.3) is 0 Å². The molecule has 0 aliphatic heterocycles. The molecule has 3 heterocycles. The Bertz CT molecular complexity index is 899. The number of carbonyl (C=O) groups is 1. The first kappa shape index (κ1) is 16.3. The molecule has 5 heteroatoms. The van der Waals surface area contributed by atoms with Crippen LogP contribution in [0.1, 0.15) is 39.0 Å². The van der Waals surface area contributed by atoms with E-state index < -0.39 is 0 Å². The van der Waals surface area contributed by atoms with Crippen molar-refractivity contribution in [1.82, 2.24) is 9.38 Å². The van der Waals surface area contributed by atoms with Gasteiger partial charge >= 0.3 is 0 Å². The quantitative estimate of drug-likeness (QED) is 0.703. The molecule has 0 spiro atoms. The van der Waals surface area contributed by atoms with E-state index in [2.05, 4.69) is 6.07 Å². The van der Waals surface area contributed by atoms with Gasteiger partial charge in [0.2, 0.25) is 5.91 Å². The summed E-state index contributed by atoms with van der Waals surface area (Å²) in [4.78, 5) is 19.0. The number of anilines is 1. The van der Waals surface area contributed by atoms with Crippen molar-refractivity contribution in [3.05, 3.63) is 41.8 Å². The van der Waals surface area contributed by atoms with E-state index >= 15 is 0 Å². The lowest BCUT2D eigenvalue weighted by Crippen LogP contribution is -2.45. The zero-order chi connectivity index (χ0) is 17.6. The van der Waals surface area contributed by atoms with Crippen LogP contribution in [0.2, 0.25) is 0 Å². The van der Waals surface area contributed by atoms with E-state index in [0.29, 0.717) is 11.5 Å². The number of furan rings is 1. The van der Waals surface area contributed by atoms with Crippen molar-refractivity contribution in [3.8, 4) is 11.5 Å². The highest BCUT2D eigenvalue weighted by Crippen LogP contribution is 2.36. The Labute approximate surface area is 141 Å². The number of carbonyl (C=O) groups excluding carboxylic acids is 1. The average molecular weight is 325 g/mol. The van der Waals surface area contributed by atoms with E-state index in [4.69, 9.17) is 9.40 Å². The molecule has 0 radical (unpaired) electrons. The summed E-state index contributed by atoms with van der Waals surface area (Å²) < 4.78 is 7.61. The molecule has 3 rings (SSSR count). The molecule has 24 heavy (non-hydrogen) atoms. The van der Waals surface area contributed by atoms with Crippen molar-refractivity contribution in [2.75, 3.05) is 4.90 Å². The summed E-state index contributed by atoms with van der Waals surface area (Å²) in [6, 6.07) is 7.81. The van der Waals surface area contributed by atoms with Crippen molar-refractivity contribution in [1.29, 1.82) is 0 Å². The van der Waals surface area contributed by atoms with Gasteiger partial charge in [-0.3, -0.25) is 14.1 Å². The third-order valence-corrected chi connectivity index (χ3v) is 3.98. The number of pyridine rings is 1. The van der Waals surface area contributed by atoms with Crippen LogP contribution in [0.15, 0.2) is 34.9 Å². The van der Waals surface area contributed by atoms with Crippen LogP contribution in [0.4, 0.5) is 5.82 Å². The highest BCUT2D eigenvalue weighted by atomic mass is 16.3. The molecule has 126 valence electrons. The van der Waals surface area contributed by atoms with Gasteiger partial charge in [0.1, 0.15) is 11.3 Å². The molecule has 3 aromatic rings. The highest BCUT2D eigenvalue weighted by Gasteiger charge is 2.32. The number of amides is 1. The maximum atomic E-state index is 12.5. The number of hydrogen-bond donors (Lipinski definition) is 0. The minimum absolute atomic E-state index is 0.0305. The largest absolute Gasteiger partial charge is 0.463 e. The maximum absolute atomic E-state index is 12.5. The molecule has 0 aromatic carbocycles. The molecule has 5 nitrogen and oxygen atoms in total. The smallest absolute Gasteiger partial charge is 0.225 e. The minimum Gasteiger partial charge on any atom is -0.463 e. The first-order chi connectivity index (χ1) is 11.2. The number of rotatable bonds is 2. The van der Waals surface area contributed by atoms with Gasteiger partial charge in [0, 0.05) is 18.2 Å². The predicted molar refractivity (Wildman–Crippen MR) is 95.3 cm³/mol. The van der Waals surface area contributed by atoms with Crippen molar-refractivity contribution < 1.29 is 9.21 Å². The van der Waals surface area contributed by atoms with E-state index in [1.54, 1.807) is 18.1 Å². The topological polar surface area (TPSA) is 50.8 Å². The number of hydrogen-bond acceptors (Lipinski definition) is 3. The Hall–Kier alpha value is -2.56. The fraction of sp³-hybridized carbons (Fsp3) is 0.368. The van der Waals surface area contributed by atoms with Crippen LogP contribution in [0.25, 0.3) is 17.1 Å². The van der Waals surface area contributed by atoms with Crippen LogP contribution in [0.3, 0.4) is 0 Å². The van der Waals surface area contributed by atoms with Crippen LogP contribution in [-0.4, -0.2) is 20.8 Å². The fourth-order valence-corrected chi connectivity index (χ4v) is 3.24. The van der Waals surface area contributed by atoms with Gasteiger partial charge < -0.3 is 4.42 Å². The van der Waals surface area contributed by atoms with Crippen molar-refractivity contribution >= 4 is 17.4 Å². The summed E-state index contributed by atoms with van der Waals surface area (Å²) in [7, 11) is 0. The van der Waals surface area contributed by atoms with E-state index in [1.165, 1.54) is 0 Å². The number of fused-ring (bicyclic) bond motifs is 1. The second kappa shape index (κ2) is 5.51. The first-order valence-corrected chi connectivity index (χ1v) is 8.04. The number of aryl methyl sites for hydroxylation is 2. The molecule has 0 atom stereocenters. The lowest BCUT2D eigenvalue weighted by molar-refractivity contribution is -0.117. The van der Waals surface area contributed by atoms with Gasteiger partial charge in [0.05, 0.1) is 6.26 Å². The summed E-state index contributed by atoms with van der Waals surface area (Å²) >= 11 is 0. The Balaban J connectivity index is 2.43. The maximum Gasteiger partial charge on any atom is 0.225 e. The van der Waals surface area contributed by atoms with E-state index in [0.717, 1.165) is 22.7 Å². The van der Waals surface area contributed by atoms with Crippen LogP contribution in [-0.2, 0) is 4.79 Å². The zero-order valence-electron chi connectivity index (χ0n) is 15.0. The van der Waals surface area contributed by atoms with E-state index in [-0.39, 0.29) is 11.4 Å². The molecule has 0 saturated carbocycles. The molecular formula is C19H23N3O2. The second-order valence-corrected chi connectivity index (χ2v) is 7.15. The predicted octanol–water partition coefficient (Wildman–Crippen LogP) is 4.36. The van der Waals surface area contributed by atoms with Crippen molar-refractivity contribution in [2.24, 2.45) is 0 Å². The fourth-order valence-electron chi connectivity index (χ4n) is 3.24. The molecule has 0 N–H and O–H groups in total. The summed E-state index contributed by atoms with van der Waals surface area (Å²) in [5.74, 6) is 1.37. The van der Waals surface area contributed by atoms with Crippen molar-refractivity contribution in [3.63, 3.8) is 0 Å². The number of imidazole rings is 1. The van der Waals surface area contributed by atoms with E-state index in [1.807, 2.05) is 57.2 Å². The molecule has 0 aliphatic carbocycles. The highest BCUT2D eigenvalue weighted by molar-refractivity contribution is 5.96. The molecule has 0 bridgehead atoms. The third-order valence-electron chi connectivity index (χ3n) is 3.98. The molecule has 0 fully saturated rings.